The predicted octanol–water partition coefficient (Wildman–Crippen LogP) is 2.31. The molecule has 0 amide bonds. The lowest BCUT2D eigenvalue weighted by atomic mass is 9.96. The monoisotopic (exact) mass is 250 g/mol. The third kappa shape index (κ3) is 1.71. The highest BCUT2D eigenvalue weighted by molar-refractivity contribution is 14.1. The maximum absolute atomic E-state index is 4.22. The lowest BCUT2D eigenvalue weighted by Gasteiger charge is -2.13. The number of aromatic amines is 1. The molecule has 0 spiro atoms. The van der Waals surface area contributed by atoms with Crippen LogP contribution < -0.4 is 0 Å². The second-order valence-electron chi connectivity index (χ2n) is 3.33. The fraction of sp³-hybridized carbons (Fsp3) is 0.571. The molecule has 10 heavy (non-hydrogen) atoms. The molecule has 0 radical (unpaired) electrons. The molecular formula is C7H11IN2. The van der Waals surface area contributed by atoms with Gasteiger partial charge in [0.25, 0.3) is 0 Å². The summed E-state index contributed by atoms with van der Waals surface area (Å²) in [6.07, 6.45) is 1.85. The normalized spacial score (nSPS) is 12.0. The minimum atomic E-state index is 0.142. The third-order valence-corrected chi connectivity index (χ3v) is 1.80. The van der Waals surface area contributed by atoms with Gasteiger partial charge in [-0.05, 0) is 22.6 Å². The number of rotatable bonds is 0. The Kier molecular flexibility index (Phi) is 2.03. The first-order valence-electron chi connectivity index (χ1n) is 3.21. The summed E-state index contributed by atoms with van der Waals surface area (Å²) in [4.78, 5) is 7.42. The van der Waals surface area contributed by atoms with Crippen LogP contribution in [0.25, 0.3) is 0 Å². The summed E-state index contributed by atoms with van der Waals surface area (Å²) in [5, 5.41) is 0. The largest absolute Gasteiger partial charge is 0.337 e. The average molecular weight is 250 g/mol. The molecule has 3 heteroatoms. The molecule has 0 aliphatic rings. The van der Waals surface area contributed by atoms with E-state index in [1.807, 2.05) is 6.20 Å². The van der Waals surface area contributed by atoms with Gasteiger partial charge in [-0.2, -0.15) is 0 Å². The minimum absolute atomic E-state index is 0.142. The number of hydrogen-bond acceptors (Lipinski definition) is 1. The minimum Gasteiger partial charge on any atom is -0.337 e. The van der Waals surface area contributed by atoms with Crippen LogP contribution in [0.5, 0.6) is 0 Å². The number of nitrogens with zero attached hydrogens (tertiary/aromatic N) is 1. The summed E-state index contributed by atoms with van der Waals surface area (Å²) in [5.41, 5.74) is 0.142. The summed E-state index contributed by atoms with van der Waals surface area (Å²) < 4.78 is 1.10. The van der Waals surface area contributed by atoms with Gasteiger partial charge in [0, 0.05) is 5.41 Å². The van der Waals surface area contributed by atoms with Crippen molar-refractivity contribution in [2.24, 2.45) is 0 Å². The van der Waals surface area contributed by atoms with Gasteiger partial charge in [0.05, 0.1) is 9.90 Å². The fourth-order valence-corrected chi connectivity index (χ4v) is 1.07. The molecule has 1 rings (SSSR count). The first-order chi connectivity index (χ1) is 4.50. The molecule has 0 saturated carbocycles. The van der Waals surface area contributed by atoms with Gasteiger partial charge < -0.3 is 4.98 Å². The number of aromatic nitrogens is 2. The lowest BCUT2D eigenvalue weighted by Crippen LogP contribution is -2.13. The van der Waals surface area contributed by atoms with Gasteiger partial charge in [-0.1, -0.05) is 20.8 Å². The van der Waals surface area contributed by atoms with Gasteiger partial charge in [0.1, 0.15) is 5.82 Å². The first-order valence-corrected chi connectivity index (χ1v) is 4.29. The van der Waals surface area contributed by atoms with Gasteiger partial charge >= 0.3 is 0 Å². The van der Waals surface area contributed by atoms with E-state index in [4.69, 9.17) is 0 Å². The zero-order valence-electron chi connectivity index (χ0n) is 6.40. The van der Waals surface area contributed by atoms with Crippen molar-refractivity contribution in [3.8, 4) is 0 Å². The van der Waals surface area contributed by atoms with Crippen molar-refractivity contribution >= 4 is 22.6 Å². The Morgan fingerprint density at radius 2 is 2.10 bits per heavy atom. The van der Waals surface area contributed by atoms with Crippen molar-refractivity contribution in [2.45, 2.75) is 26.2 Å². The molecular weight excluding hydrogens is 239 g/mol. The summed E-state index contributed by atoms with van der Waals surface area (Å²) in [7, 11) is 0. The second-order valence-corrected chi connectivity index (χ2v) is 4.49. The van der Waals surface area contributed by atoms with E-state index in [2.05, 4.69) is 53.3 Å². The fourth-order valence-electron chi connectivity index (χ4n) is 0.680. The Labute approximate surface area is 74.6 Å². The van der Waals surface area contributed by atoms with Crippen molar-refractivity contribution in [3.05, 3.63) is 15.7 Å². The highest BCUT2D eigenvalue weighted by atomic mass is 127. The smallest absolute Gasteiger partial charge is 0.112 e. The van der Waals surface area contributed by atoms with Crippen molar-refractivity contribution in [2.75, 3.05) is 0 Å². The zero-order chi connectivity index (χ0) is 7.78. The molecule has 0 aromatic carbocycles. The maximum Gasteiger partial charge on any atom is 0.112 e. The number of imidazole rings is 1. The zero-order valence-corrected chi connectivity index (χ0v) is 8.56. The number of H-pyrrole nitrogens is 1. The van der Waals surface area contributed by atoms with E-state index in [-0.39, 0.29) is 5.41 Å². The molecule has 1 heterocycles. The topological polar surface area (TPSA) is 28.7 Å². The molecule has 56 valence electrons. The quantitative estimate of drug-likeness (QED) is 0.703. The second kappa shape index (κ2) is 2.53. The first kappa shape index (κ1) is 8.04. The molecule has 0 unspecified atom stereocenters. The molecule has 2 nitrogen and oxygen atoms in total. The van der Waals surface area contributed by atoms with E-state index >= 15 is 0 Å². The SMILES string of the molecule is CC(C)(C)c1ncc(I)[nH]1. The molecule has 0 aliphatic carbocycles. The van der Waals surface area contributed by atoms with Crippen LogP contribution in [0, 0.1) is 3.70 Å². The Morgan fingerprint density at radius 1 is 1.50 bits per heavy atom. The summed E-state index contributed by atoms with van der Waals surface area (Å²) in [5.74, 6) is 1.05. The highest BCUT2D eigenvalue weighted by Gasteiger charge is 2.16. The van der Waals surface area contributed by atoms with Gasteiger partial charge in [-0.15, -0.1) is 0 Å². The third-order valence-electron chi connectivity index (χ3n) is 1.26. The Morgan fingerprint density at radius 3 is 2.30 bits per heavy atom. The molecule has 0 fully saturated rings. The molecule has 1 aromatic heterocycles. The van der Waals surface area contributed by atoms with Crippen molar-refractivity contribution in [3.63, 3.8) is 0 Å². The molecule has 1 aromatic rings. The van der Waals surface area contributed by atoms with E-state index in [1.54, 1.807) is 0 Å². The van der Waals surface area contributed by atoms with Crippen LogP contribution in [-0.4, -0.2) is 9.97 Å². The van der Waals surface area contributed by atoms with Gasteiger partial charge in [0.2, 0.25) is 0 Å². The van der Waals surface area contributed by atoms with Crippen LogP contribution in [0.4, 0.5) is 0 Å². The van der Waals surface area contributed by atoms with E-state index < -0.39 is 0 Å². The van der Waals surface area contributed by atoms with E-state index in [0.29, 0.717) is 0 Å². The van der Waals surface area contributed by atoms with Crippen molar-refractivity contribution in [1.29, 1.82) is 0 Å². The Bertz CT molecular complexity index is 222. The van der Waals surface area contributed by atoms with Crippen LogP contribution in [0.3, 0.4) is 0 Å². The molecule has 0 aliphatic heterocycles. The molecule has 1 N–H and O–H groups in total. The van der Waals surface area contributed by atoms with Crippen LogP contribution >= 0.6 is 22.6 Å². The number of nitrogens with one attached hydrogen (secondary N) is 1. The molecule has 0 atom stereocenters. The predicted molar refractivity (Wildman–Crippen MR) is 50.0 cm³/mol. The Balaban J connectivity index is 2.96. The van der Waals surface area contributed by atoms with Gasteiger partial charge in [-0.3, -0.25) is 0 Å². The number of halogens is 1. The van der Waals surface area contributed by atoms with E-state index in [1.165, 1.54) is 0 Å². The standard InChI is InChI=1S/C7H11IN2/c1-7(2,3)6-9-4-5(8)10-6/h4H,1-3H3,(H,9,10). The summed E-state index contributed by atoms with van der Waals surface area (Å²) >= 11 is 2.22. The lowest BCUT2D eigenvalue weighted by molar-refractivity contribution is 0.552. The van der Waals surface area contributed by atoms with E-state index in [0.717, 1.165) is 9.53 Å². The summed E-state index contributed by atoms with van der Waals surface area (Å²) in [6.45, 7) is 6.42. The van der Waals surface area contributed by atoms with Crippen LogP contribution in [-0.2, 0) is 5.41 Å². The van der Waals surface area contributed by atoms with Crippen LogP contribution in [0.15, 0.2) is 6.20 Å². The van der Waals surface area contributed by atoms with Crippen LogP contribution in [0.2, 0.25) is 0 Å². The van der Waals surface area contributed by atoms with Crippen molar-refractivity contribution in [1.82, 2.24) is 9.97 Å². The van der Waals surface area contributed by atoms with Gasteiger partial charge in [0.15, 0.2) is 0 Å². The Hall–Kier alpha value is -0.0600. The maximum atomic E-state index is 4.22. The molecule has 0 saturated heterocycles. The summed E-state index contributed by atoms with van der Waals surface area (Å²) in [6, 6.07) is 0. The molecule has 0 bridgehead atoms. The highest BCUT2D eigenvalue weighted by Crippen LogP contribution is 2.18. The van der Waals surface area contributed by atoms with E-state index in [9.17, 15) is 0 Å². The van der Waals surface area contributed by atoms with Gasteiger partial charge in [-0.25, -0.2) is 4.98 Å². The van der Waals surface area contributed by atoms with Crippen LogP contribution in [0.1, 0.15) is 26.6 Å². The average Bonchev–Trinajstić information content (AvgIpc) is 2.11. The number of hydrogen-bond donors (Lipinski definition) is 1. The van der Waals surface area contributed by atoms with Crippen molar-refractivity contribution < 1.29 is 0 Å².